The van der Waals surface area contributed by atoms with E-state index in [9.17, 15) is 9.59 Å². The number of carbonyl (C=O) groups is 2. The van der Waals surface area contributed by atoms with Crippen molar-refractivity contribution in [1.82, 2.24) is 0 Å². The van der Waals surface area contributed by atoms with Gasteiger partial charge in [0, 0.05) is 0 Å². The maximum Gasteiger partial charge on any atom is 0.328 e. The SMILES string of the molecule is C=CC(CC=C(C)C)(C(=O)OC)C(=O)OC(C)(C)C. The zero-order valence-corrected chi connectivity index (χ0v) is 12.7. The molecule has 4 nitrogen and oxygen atoms in total. The summed E-state index contributed by atoms with van der Waals surface area (Å²) in [4.78, 5) is 24.3. The first-order valence-electron chi connectivity index (χ1n) is 6.18. The lowest BCUT2D eigenvalue weighted by molar-refractivity contribution is -0.174. The van der Waals surface area contributed by atoms with Crippen LogP contribution in [-0.4, -0.2) is 24.6 Å². The Balaban J connectivity index is 5.47. The summed E-state index contributed by atoms with van der Waals surface area (Å²) in [5.41, 5.74) is -1.16. The molecule has 1 unspecified atom stereocenters. The molecule has 0 rings (SSSR count). The summed E-state index contributed by atoms with van der Waals surface area (Å²) in [6.45, 7) is 12.6. The van der Waals surface area contributed by atoms with Crippen LogP contribution in [0.25, 0.3) is 0 Å². The minimum atomic E-state index is -1.49. The van der Waals surface area contributed by atoms with E-state index in [1.54, 1.807) is 26.8 Å². The number of esters is 2. The maximum absolute atomic E-state index is 12.3. The van der Waals surface area contributed by atoms with Gasteiger partial charge in [0.15, 0.2) is 5.41 Å². The van der Waals surface area contributed by atoms with E-state index in [0.717, 1.165) is 5.57 Å². The second-order valence-corrected chi connectivity index (χ2v) is 5.65. The van der Waals surface area contributed by atoms with Crippen molar-refractivity contribution >= 4 is 11.9 Å². The fourth-order valence-corrected chi connectivity index (χ4v) is 1.42. The molecule has 0 N–H and O–H groups in total. The minimum absolute atomic E-state index is 0.181. The third-order valence-electron chi connectivity index (χ3n) is 2.49. The van der Waals surface area contributed by atoms with Crippen LogP contribution in [0.5, 0.6) is 0 Å². The van der Waals surface area contributed by atoms with Crippen LogP contribution in [0.1, 0.15) is 41.0 Å². The van der Waals surface area contributed by atoms with Crippen LogP contribution in [0.2, 0.25) is 0 Å². The average molecular weight is 268 g/mol. The third-order valence-corrected chi connectivity index (χ3v) is 2.49. The molecular formula is C15H24O4. The van der Waals surface area contributed by atoms with Crippen LogP contribution in [0.4, 0.5) is 0 Å². The Kier molecular flexibility index (Phi) is 6.00. The van der Waals surface area contributed by atoms with Crippen molar-refractivity contribution in [3.63, 3.8) is 0 Å². The minimum Gasteiger partial charge on any atom is -0.468 e. The Hall–Kier alpha value is -1.58. The first kappa shape index (κ1) is 17.4. The molecule has 1 atom stereocenters. The first-order chi connectivity index (χ1) is 8.59. The van der Waals surface area contributed by atoms with Crippen LogP contribution in [0.3, 0.4) is 0 Å². The highest BCUT2D eigenvalue weighted by Gasteiger charge is 2.46. The van der Waals surface area contributed by atoms with Crippen LogP contribution in [0.15, 0.2) is 24.3 Å². The molecule has 0 fully saturated rings. The summed E-state index contributed by atoms with van der Waals surface area (Å²) in [6, 6.07) is 0. The average Bonchev–Trinajstić information content (AvgIpc) is 2.27. The summed E-state index contributed by atoms with van der Waals surface area (Å²) in [5.74, 6) is -1.30. The Morgan fingerprint density at radius 1 is 1.16 bits per heavy atom. The highest BCUT2D eigenvalue weighted by Crippen LogP contribution is 2.30. The van der Waals surface area contributed by atoms with Gasteiger partial charge in [-0.25, -0.2) is 0 Å². The molecule has 4 heteroatoms. The van der Waals surface area contributed by atoms with Crippen LogP contribution in [0, 0.1) is 5.41 Å². The molecule has 0 bridgehead atoms. The molecule has 108 valence electrons. The molecular weight excluding hydrogens is 244 g/mol. The van der Waals surface area contributed by atoms with E-state index in [4.69, 9.17) is 9.47 Å². The first-order valence-corrected chi connectivity index (χ1v) is 6.18. The van der Waals surface area contributed by atoms with Gasteiger partial charge in [0.05, 0.1) is 7.11 Å². The van der Waals surface area contributed by atoms with E-state index in [-0.39, 0.29) is 6.42 Å². The van der Waals surface area contributed by atoms with E-state index < -0.39 is 23.0 Å². The highest BCUT2D eigenvalue weighted by atomic mass is 16.6. The standard InChI is InChI=1S/C15H24O4/c1-8-15(12(16)18-7,10-9-11(2)3)13(17)19-14(4,5)6/h8-9H,1,10H2,2-7H3. The molecule has 0 aliphatic rings. The lowest BCUT2D eigenvalue weighted by Crippen LogP contribution is -2.42. The molecule has 0 aromatic heterocycles. The number of rotatable bonds is 5. The summed E-state index contributed by atoms with van der Waals surface area (Å²) >= 11 is 0. The second kappa shape index (κ2) is 6.55. The van der Waals surface area contributed by atoms with E-state index in [0.29, 0.717) is 0 Å². The van der Waals surface area contributed by atoms with Gasteiger partial charge in [-0.3, -0.25) is 9.59 Å². The number of ether oxygens (including phenoxy) is 2. The quantitative estimate of drug-likeness (QED) is 0.437. The smallest absolute Gasteiger partial charge is 0.328 e. The zero-order chi connectivity index (χ0) is 15.3. The molecule has 0 aliphatic heterocycles. The van der Waals surface area contributed by atoms with Gasteiger partial charge < -0.3 is 9.47 Å². The highest BCUT2D eigenvalue weighted by molar-refractivity contribution is 6.02. The predicted molar refractivity (Wildman–Crippen MR) is 74.5 cm³/mol. The fraction of sp³-hybridized carbons (Fsp3) is 0.600. The summed E-state index contributed by atoms with van der Waals surface area (Å²) in [7, 11) is 1.24. The number of allylic oxidation sites excluding steroid dienone is 2. The molecule has 0 amide bonds. The molecule has 0 saturated heterocycles. The lowest BCUT2D eigenvalue weighted by atomic mass is 9.83. The van der Waals surface area contributed by atoms with Crippen molar-refractivity contribution in [2.24, 2.45) is 5.41 Å². The van der Waals surface area contributed by atoms with Gasteiger partial charge >= 0.3 is 11.9 Å². The van der Waals surface area contributed by atoms with Gasteiger partial charge in [0.2, 0.25) is 0 Å². The van der Waals surface area contributed by atoms with Gasteiger partial charge in [-0.1, -0.05) is 17.7 Å². The second-order valence-electron chi connectivity index (χ2n) is 5.65. The van der Waals surface area contributed by atoms with Gasteiger partial charge in [0.1, 0.15) is 5.60 Å². The van der Waals surface area contributed by atoms with Gasteiger partial charge in [-0.2, -0.15) is 0 Å². The summed E-state index contributed by atoms with van der Waals surface area (Å²) < 4.78 is 10.0. The van der Waals surface area contributed by atoms with Crippen LogP contribution in [-0.2, 0) is 19.1 Å². The molecule has 0 spiro atoms. The van der Waals surface area contributed by atoms with Crippen molar-refractivity contribution in [1.29, 1.82) is 0 Å². The van der Waals surface area contributed by atoms with Crippen LogP contribution >= 0.6 is 0 Å². The Bertz CT molecular complexity index is 383. The number of hydrogen-bond acceptors (Lipinski definition) is 4. The molecule has 19 heavy (non-hydrogen) atoms. The Morgan fingerprint density at radius 2 is 1.68 bits per heavy atom. The molecule has 0 saturated carbocycles. The largest absolute Gasteiger partial charge is 0.468 e. The number of carbonyl (C=O) groups excluding carboxylic acids is 2. The Morgan fingerprint density at radius 3 is 2.00 bits per heavy atom. The molecule has 0 radical (unpaired) electrons. The maximum atomic E-state index is 12.3. The van der Waals surface area contributed by atoms with Crippen molar-refractivity contribution < 1.29 is 19.1 Å². The summed E-state index contributed by atoms with van der Waals surface area (Å²) in [6.07, 6.45) is 3.27. The van der Waals surface area contributed by atoms with E-state index in [1.165, 1.54) is 13.2 Å². The van der Waals surface area contributed by atoms with E-state index >= 15 is 0 Å². The fourth-order valence-electron chi connectivity index (χ4n) is 1.42. The van der Waals surface area contributed by atoms with Gasteiger partial charge in [-0.05, 0) is 41.0 Å². The van der Waals surface area contributed by atoms with Crippen molar-refractivity contribution in [3.8, 4) is 0 Å². The van der Waals surface area contributed by atoms with E-state index in [2.05, 4.69) is 6.58 Å². The predicted octanol–water partition coefficient (Wildman–Crippen LogP) is 3.03. The zero-order valence-electron chi connectivity index (χ0n) is 12.7. The van der Waals surface area contributed by atoms with Crippen molar-refractivity contribution in [3.05, 3.63) is 24.3 Å². The number of hydrogen-bond donors (Lipinski definition) is 0. The topological polar surface area (TPSA) is 52.6 Å². The normalized spacial score (nSPS) is 14.0. The lowest BCUT2D eigenvalue weighted by Gasteiger charge is -2.29. The van der Waals surface area contributed by atoms with Crippen molar-refractivity contribution in [2.75, 3.05) is 7.11 Å². The van der Waals surface area contributed by atoms with Crippen molar-refractivity contribution in [2.45, 2.75) is 46.6 Å². The molecule has 0 aromatic carbocycles. The molecule has 0 aromatic rings. The monoisotopic (exact) mass is 268 g/mol. The van der Waals surface area contributed by atoms with Gasteiger partial charge in [-0.15, -0.1) is 6.58 Å². The number of methoxy groups -OCH3 is 1. The van der Waals surface area contributed by atoms with Crippen LogP contribution < -0.4 is 0 Å². The summed E-state index contributed by atoms with van der Waals surface area (Å²) in [5, 5.41) is 0. The van der Waals surface area contributed by atoms with Gasteiger partial charge in [0.25, 0.3) is 0 Å². The molecule has 0 heterocycles. The van der Waals surface area contributed by atoms with E-state index in [1.807, 2.05) is 13.8 Å². The molecule has 0 aliphatic carbocycles. The third kappa shape index (κ3) is 4.89. The Labute approximate surface area is 115 Å².